The van der Waals surface area contributed by atoms with Crippen LogP contribution in [-0.4, -0.2) is 54.4 Å². The van der Waals surface area contributed by atoms with Gasteiger partial charge in [0.25, 0.3) is 5.91 Å². The minimum atomic E-state index is -0.350. The first-order chi connectivity index (χ1) is 11.1. The van der Waals surface area contributed by atoms with E-state index in [1.165, 1.54) is 0 Å². The molecule has 1 saturated carbocycles. The molecule has 2 aliphatic rings. The topological polar surface area (TPSA) is 59.0 Å². The third-order valence-electron chi connectivity index (χ3n) is 5.31. The summed E-state index contributed by atoms with van der Waals surface area (Å²) in [5.41, 5.74) is 1.37. The lowest BCUT2D eigenvalue weighted by atomic mass is 9.79. The molecule has 1 aliphatic heterocycles. The molecule has 0 radical (unpaired) electrons. The van der Waals surface area contributed by atoms with Crippen LogP contribution >= 0.6 is 0 Å². The maximum atomic E-state index is 13.0. The zero-order valence-corrected chi connectivity index (χ0v) is 13.8. The maximum absolute atomic E-state index is 13.0. The molecule has 1 heterocycles. The number of ether oxygens (including phenoxy) is 2. The number of amides is 1. The van der Waals surface area contributed by atoms with Crippen LogP contribution in [0.2, 0.25) is 0 Å². The number of aliphatic hydroxyl groups excluding tert-OH is 1. The minimum Gasteiger partial charge on any atom is -0.393 e. The summed E-state index contributed by atoms with van der Waals surface area (Å²) in [5.74, 6) is 0.0148. The third-order valence-corrected chi connectivity index (χ3v) is 5.31. The molecule has 1 aliphatic carbocycles. The van der Waals surface area contributed by atoms with Gasteiger partial charge in [0.2, 0.25) is 0 Å². The third kappa shape index (κ3) is 3.01. The molecule has 3 rings (SSSR count). The molecule has 1 aromatic rings. The Morgan fingerprint density at radius 2 is 2.22 bits per heavy atom. The van der Waals surface area contributed by atoms with Crippen LogP contribution in [0.3, 0.4) is 0 Å². The number of carbonyl (C=O) groups excluding carboxylic acids is 1. The second-order valence-corrected chi connectivity index (χ2v) is 6.59. The molecule has 3 atom stereocenters. The smallest absolute Gasteiger partial charge is 0.254 e. The average molecular weight is 319 g/mol. The van der Waals surface area contributed by atoms with Crippen molar-refractivity contribution in [2.24, 2.45) is 0 Å². The number of likely N-dealkylation sites (tertiary alicyclic amines) is 1. The molecule has 0 spiro atoms. The lowest BCUT2D eigenvalue weighted by Gasteiger charge is -2.42. The van der Waals surface area contributed by atoms with Crippen LogP contribution in [0, 0.1) is 0 Å². The van der Waals surface area contributed by atoms with Crippen molar-refractivity contribution in [3.8, 4) is 0 Å². The van der Waals surface area contributed by atoms with Crippen LogP contribution in [-0.2, 0) is 16.1 Å². The molecule has 1 amide bonds. The number of aliphatic hydroxyl groups is 1. The highest BCUT2D eigenvalue weighted by Crippen LogP contribution is 2.42. The van der Waals surface area contributed by atoms with Gasteiger partial charge < -0.3 is 19.5 Å². The Balaban J connectivity index is 1.83. The Bertz CT molecular complexity index is 576. The molecule has 5 heteroatoms. The highest BCUT2D eigenvalue weighted by molar-refractivity contribution is 5.95. The van der Waals surface area contributed by atoms with E-state index in [-0.39, 0.29) is 23.7 Å². The molecule has 2 fully saturated rings. The van der Waals surface area contributed by atoms with Gasteiger partial charge in [-0.15, -0.1) is 0 Å². The molecular weight excluding hydrogens is 294 g/mol. The van der Waals surface area contributed by atoms with E-state index in [0.29, 0.717) is 25.1 Å². The number of methoxy groups -OCH3 is 2. The molecule has 1 N–H and O–H groups in total. The van der Waals surface area contributed by atoms with Crippen molar-refractivity contribution in [3.63, 3.8) is 0 Å². The number of hydrogen-bond acceptors (Lipinski definition) is 4. The van der Waals surface area contributed by atoms with Crippen LogP contribution in [0.25, 0.3) is 0 Å². The zero-order chi connectivity index (χ0) is 16.4. The van der Waals surface area contributed by atoms with Gasteiger partial charge in [0.15, 0.2) is 0 Å². The van der Waals surface area contributed by atoms with Gasteiger partial charge in [-0.2, -0.15) is 0 Å². The van der Waals surface area contributed by atoms with E-state index in [4.69, 9.17) is 9.47 Å². The Morgan fingerprint density at radius 3 is 2.96 bits per heavy atom. The van der Waals surface area contributed by atoms with E-state index in [9.17, 15) is 9.90 Å². The van der Waals surface area contributed by atoms with Crippen molar-refractivity contribution in [2.45, 2.75) is 50.0 Å². The Labute approximate surface area is 137 Å². The molecule has 0 bridgehead atoms. The predicted octanol–water partition coefficient (Wildman–Crippen LogP) is 1.98. The Morgan fingerprint density at radius 1 is 1.39 bits per heavy atom. The first kappa shape index (κ1) is 16.4. The molecule has 23 heavy (non-hydrogen) atoms. The van der Waals surface area contributed by atoms with Gasteiger partial charge in [0.05, 0.1) is 24.4 Å². The summed E-state index contributed by atoms with van der Waals surface area (Å²) in [6.45, 7) is 1.17. The molecule has 1 saturated heterocycles. The summed E-state index contributed by atoms with van der Waals surface area (Å²) in [7, 11) is 3.36. The van der Waals surface area contributed by atoms with Gasteiger partial charge in [-0.3, -0.25) is 4.79 Å². The molecule has 5 nitrogen and oxygen atoms in total. The fourth-order valence-corrected chi connectivity index (χ4v) is 4.05. The molecular formula is C18H25NO4. The summed E-state index contributed by atoms with van der Waals surface area (Å²) >= 11 is 0. The highest BCUT2D eigenvalue weighted by Gasteiger charge is 2.52. The zero-order valence-electron chi connectivity index (χ0n) is 13.8. The van der Waals surface area contributed by atoms with Crippen molar-refractivity contribution in [2.75, 3.05) is 20.8 Å². The van der Waals surface area contributed by atoms with Crippen molar-refractivity contribution >= 4 is 5.91 Å². The maximum Gasteiger partial charge on any atom is 0.254 e. The highest BCUT2D eigenvalue weighted by atomic mass is 16.5. The van der Waals surface area contributed by atoms with Crippen LogP contribution in [0.1, 0.15) is 41.6 Å². The lowest BCUT2D eigenvalue weighted by Crippen LogP contribution is -2.52. The van der Waals surface area contributed by atoms with Gasteiger partial charge >= 0.3 is 0 Å². The van der Waals surface area contributed by atoms with E-state index in [2.05, 4.69) is 0 Å². The molecule has 0 unspecified atom stereocenters. The predicted molar refractivity (Wildman–Crippen MR) is 86.2 cm³/mol. The number of carbonyl (C=O) groups is 1. The summed E-state index contributed by atoms with van der Waals surface area (Å²) < 4.78 is 10.9. The number of hydrogen-bond donors (Lipinski definition) is 1. The lowest BCUT2D eigenvalue weighted by molar-refractivity contribution is -0.0824. The van der Waals surface area contributed by atoms with Gasteiger partial charge in [-0.1, -0.05) is 12.1 Å². The minimum absolute atomic E-state index is 0.0148. The van der Waals surface area contributed by atoms with Crippen LogP contribution in [0.4, 0.5) is 0 Å². The number of rotatable bonds is 4. The Hall–Kier alpha value is -1.43. The van der Waals surface area contributed by atoms with E-state index < -0.39 is 0 Å². The summed E-state index contributed by atoms with van der Waals surface area (Å²) in [4.78, 5) is 14.9. The SMILES string of the molecule is COCc1cccc(C(=O)N2CC[C@]3(OC)CC[C@@H](O)C[C@H]23)c1. The normalized spacial score (nSPS) is 30.3. The average Bonchev–Trinajstić information content (AvgIpc) is 2.94. The standard InChI is InChI=1S/C18H25NO4/c1-22-12-13-4-3-5-14(10-13)17(21)19-9-8-18(23-2)7-6-15(20)11-16(18)19/h3-5,10,15-16,20H,6-9,11-12H2,1-2H3/t15-,16+,18-/m1/s1. The van der Waals surface area contributed by atoms with Crippen molar-refractivity contribution in [3.05, 3.63) is 35.4 Å². The van der Waals surface area contributed by atoms with Crippen LogP contribution < -0.4 is 0 Å². The Kier molecular flexibility index (Phi) is 4.71. The molecule has 126 valence electrons. The van der Waals surface area contributed by atoms with Gasteiger partial charge in [-0.25, -0.2) is 0 Å². The number of benzene rings is 1. The van der Waals surface area contributed by atoms with Gasteiger partial charge in [0, 0.05) is 26.3 Å². The largest absolute Gasteiger partial charge is 0.393 e. The van der Waals surface area contributed by atoms with Gasteiger partial charge in [0.1, 0.15) is 0 Å². The van der Waals surface area contributed by atoms with E-state index in [0.717, 1.165) is 24.8 Å². The monoisotopic (exact) mass is 319 g/mol. The number of fused-ring (bicyclic) bond motifs is 1. The van der Waals surface area contributed by atoms with E-state index in [1.807, 2.05) is 29.2 Å². The summed E-state index contributed by atoms with van der Waals surface area (Å²) in [6, 6.07) is 7.52. The first-order valence-corrected chi connectivity index (χ1v) is 8.22. The fourth-order valence-electron chi connectivity index (χ4n) is 4.05. The van der Waals surface area contributed by atoms with Crippen molar-refractivity contribution in [1.82, 2.24) is 4.90 Å². The van der Waals surface area contributed by atoms with Crippen LogP contribution in [0.5, 0.6) is 0 Å². The van der Waals surface area contributed by atoms with E-state index >= 15 is 0 Å². The second-order valence-electron chi connectivity index (χ2n) is 6.59. The van der Waals surface area contributed by atoms with Crippen molar-refractivity contribution < 1.29 is 19.4 Å². The van der Waals surface area contributed by atoms with Crippen molar-refractivity contribution in [1.29, 1.82) is 0 Å². The summed E-state index contributed by atoms with van der Waals surface area (Å²) in [5, 5.41) is 10.0. The first-order valence-electron chi connectivity index (χ1n) is 8.22. The van der Waals surface area contributed by atoms with Crippen LogP contribution in [0.15, 0.2) is 24.3 Å². The molecule has 0 aromatic heterocycles. The second kappa shape index (κ2) is 6.59. The summed E-state index contributed by atoms with van der Waals surface area (Å²) in [6.07, 6.45) is 2.64. The fraction of sp³-hybridized carbons (Fsp3) is 0.611. The molecule has 1 aromatic carbocycles. The quantitative estimate of drug-likeness (QED) is 0.922. The number of nitrogens with zero attached hydrogens (tertiary/aromatic N) is 1. The van der Waals surface area contributed by atoms with E-state index in [1.54, 1.807) is 14.2 Å². The van der Waals surface area contributed by atoms with Gasteiger partial charge in [-0.05, 0) is 43.4 Å².